The van der Waals surface area contributed by atoms with Crippen molar-refractivity contribution >= 4 is 54.5 Å². The van der Waals surface area contributed by atoms with Gasteiger partial charge in [0, 0.05) is 11.1 Å². The van der Waals surface area contributed by atoms with Crippen LogP contribution >= 0.6 is 0 Å². The van der Waals surface area contributed by atoms with E-state index in [4.69, 9.17) is 18.8 Å². The lowest BCUT2D eigenvalue weighted by Crippen LogP contribution is -1.89. The number of rotatable bonds is 2. The van der Waals surface area contributed by atoms with E-state index in [1.165, 1.54) is 21.5 Å². The standard InChI is InChI=1S/C30H16N2O2/c1-3-7-25-23(5-1)31-29(33-25)21-15-11-17-10-14-20-22(30-32-24-6-2-4-8-26(24)34-30)16-12-18-9-13-19(21)27(17)28(18)20/h1-16H. The van der Waals surface area contributed by atoms with Gasteiger partial charge in [-0.25, -0.2) is 9.97 Å². The SMILES string of the molecule is c1ccc2oc(-c3ccc4ccc5c(-c6nc7ccccc7o6)ccc6ccc3c4c65)nc2c1. The lowest BCUT2D eigenvalue weighted by molar-refractivity contribution is 0.620. The van der Waals surface area contributed by atoms with Crippen LogP contribution in [-0.4, -0.2) is 9.97 Å². The van der Waals surface area contributed by atoms with E-state index in [-0.39, 0.29) is 0 Å². The number of hydrogen-bond donors (Lipinski definition) is 0. The van der Waals surface area contributed by atoms with Crippen LogP contribution in [0, 0.1) is 0 Å². The summed E-state index contributed by atoms with van der Waals surface area (Å²) in [6, 6.07) is 33.0. The second-order valence-corrected chi connectivity index (χ2v) is 8.62. The Balaban J connectivity index is 1.45. The third-order valence-electron chi connectivity index (χ3n) is 6.71. The van der Waals surface area contributed by atoms with Crippen LogP contribution in [0.2, 0.25) is 0 Å². The van der Waals surface area contributed by atoms with Crippen LogP contribution in [0.5, 0.6) is 0 Å². The zero-order chi connectivity index (χ0) is 22.2. The summed E-state index contributed by atoms with van der Waals surface area (Å²) in [6.07, 6.45) is 0. The summed E-state index contributed by atoms with van der Waals surface area (Å²) in [5, 5.41) is 7.01. The van der Waals surface area contributed by atoms with Gasteiger partial charge in [-0.15, -0.1) is 0 Å². The molecule has 2 aromatic heterocycles. The number of fused-ring (bicyclic) bond motifs is 2. The third-order valence-corrected chi connectivity index (χ3v) is 6.71. The quantitative estimate of drug-likeness (QED) is 0.256. The first-order valence-corrected chi connectivity index (χ1v) is 11.3. The molecule has 4 nitrogen and oxygen atoms in total. The van der Waals surface area contributed by atoms with E-state index < -0.39 is 0 Å². The summed E-state index contributed by atoms with van der Waals surface area (Å²) in [6.45, 7) is 0. The molecule has 0 atom stereocenters. The Hall–Kier alpha value is -4.70. The highest BCUT2D eigenvalue weighted by Gasteiger charge is 2.18. The summed E-state index contributed by atoms with van der Waals surface area (Å²) in [5.74, 6) is 1.27. The number of aromatic nitrogens is 2. The first kappa shape index (κ1) is 17.8. The number of hydrogen-bond acceptors (Lipinski definition) is 4. The average molecular weight is 436 g/mol. The maximum Gasteiger partial charge on any atom is 0.227 e. The Kier molecular flexibility index (Phi) is 3.36. The molecule has 8 aromatic rings. The maximum absolute atomic E-state index is 6.13. The summed E-state index contributed by atoms with van der Waals surface area (Å²) in [5.41, 5.74) is 5.29. The number of oxazole rings is 2. The fourth-order valence-corrected chi connectivity index (χ4v) is 5.15. The Morgan fingerprint density at radius 2 is 0.882 bits per heavy atom. The van der Waals surface area contributed by atoms with Crippen molar-refractivity contribution in [2.75, 3.05) is 0 Å². The second kappa shape index (κ2) is 6.42. The summed E-state index contributed by atoms with van der Waals surface area (Å²) in [7, 11) is 0. The molecule has 0 aliphatic heterocycles. The number of para-hydroxylation sites is 4. The molecule has 0 fully saturated rings. The largest absolute Gasteiger partial charge is 0.436 e. The molecule has 0 saturated carbocycles. The topological polar surface area (TPSA) is 52.1 Å². The number of benzene rings is 6. The average Bonchev–Trinajstić information content (AvgIpc) is 3.51. The Bertz CT molecular complexity index is 1820. The van der Waals surface area contributed by atoms with Gasteiger partial charge in [0.25, 0.3) is 0 Å². The van der Waals surface area contributed by atoms with Crippen molar-refractivity contribution in [2.24, 2.45) is 0 Å². The first-order chi connectivity index (χ1) is 16.8. The smallest absolute Gasteiger partial charge is 0.227 e. The molecule has 0 aliphatic carbocycles. The van der Waals surface area contributed by atoms with Crippen LogP contribution in [0.3, 0.4) is 0 Å². The molecule has 0 N–H and O–H groups in total. The molecule has 4 heteroatoms. The van der Waals surface area contributed by atoms with Crippen molar-refractivity contribution in [1.82, 2.24) is 9.97 Å². The van der Waals surface area contributed by atoms with Gasteiger partial charge in [-0.2, -0.15) is 0 Å². The fourth-order valence-electron chi connectivity index (χ4n) is 5.15. The molecule has 34 heavy (non-hydrogen) atoms. The van der Waals surface area contributed by atoms with Crippen LogP contribution in [0.25, 0.3) is 77.4 Å². The lowest BCUT2D eigenvalue weighted by atomic mass is 9.90. The predicted octanol–water partition coefficient (Wildman–Crippen LogP) is 8.20. The molecule has 0 bridgehead atoms. The number of nitrogens with zero attached hydrogens (tertiary/aromatic N) is 2. The Morgan fingerprint density at radius 1 is 0.441 bits per heavy atom. The van der Waals surface area contributed by atoms with Gasteiger partial charge in [0.15, 0.2) is 11.2 Å². The minimum absolute atomic E-state index is 0.637. The van der Waals surface area contributed by atoms with Gasteiger partial charge in [-0.1, -0.05) is 60.7 Å². The van der Waals surface area contributed by atoms with Crippen LogP contribution in [0.4, 0.5) is 0 Å². The van der Waals surface area contributed by atoms with Gasteiger partial charge in [0.2, 0.25) is 11.8 Å². The molecule has 0 radical (unpaired) electrons. The van der Waals surface area contributed by atoms with Crippen molar-refractivity contribution in [3.63, 3.8) is 0 Å². The highest BCUT2D eigenvalue weighted by molar-refractivity contribution is 6.27. The molecule has 158 valence electrons. The molecular formula is C30H16N2O2. The minimum atomic E-state index is 0.637. The molecule has 6 aromatic carbocycles. The summed E-state index contributed by atoms with van der Waals surface area (Å²) >= 11 is 0. The molecule has 0 aliphatic rings. The van der Waals surface area contributed by atoms with E-state index in [0.717, 1.165) is 44.1 Å². The van der Waals surface area contributed by atoms with Crippen LogP contribution < -0.4 is 0 Å². The minimum Gasteiger partial charge on any atom is -0.436 e. The molecule has 0 saturated heterocycles. The third kappa shape index (κ3) is 2.37. The molecule has 0 unspecified atom stereocenters. The molecular weight excluding hydrogens is 420 g/mol. The van der Waals surface area contributed by atoms with Gasteiger partial charge in [0.1, 0.15) is 11.0 Å². The van der Waals surface area contributed by atoms with Crippen molar-refractivity contribution in [3.8, 4) is 22.9 Å². The van der Waals surface area contributed by atoms with Crippen molar-refractivity contribution in [1.29, 1.82) is 0 Å². The van der Waals surface area contributed by atoms with Crippen LogP contribution in [-0.2, 0) is 0 Å². The predicted molar refractivity (Wildman–Crippen MR) is 136 cm³/mol. The van der Waals surface area contributed by atoms with Crippen LogP contribution in [0.1, 0.15) is 0 Å². The molecule has 2 heterocycles. The molecule has 8 rings (SSSR count). The lowest BCUT2D eigenvalue weighted by Gasteiger charge is -2.14. The van der Waals surface area contributed by atoms with Gasteiger partial charge in [0.05, 0.1) is 0 Å². The van der Waals surface area contributed by atoms with Crippen molar-refractivity contribution in [3.05, 3.63) is 97.1 Å². The zero-order valence-corrected chi connectivity index (χ0v) is 17.9. The highest BCUT2D eigenvalue weighted by Crippen LogP contribution is 2.42. The van der Waals surface area contributed by atoms with E-state index in [1.807, 2.05) is 48.5 Å². The Labute approximate surface area is 193 Å². The van der Waals surface area contributed by atoms with E-state index >= 15 is 0 Å². The monoisotopic (exact) mass is 436 g/mol. The van der Waals surface area contributed by atoms with E-state index in [0.29, 0.717) is 11.8 Å². The molecule has 0 spiro atoms. The summed E-state index contributed by atoms with van der Waals surface area (Å²) in [4.78, 5) is 9.53. The van der Waals surface area contributed by atoms with Gasteiger partial charge < -0.3 is 8.83 Å². The summed E-state index contributed by atoms with van der Waals surface area (Å²) < 4.78 is 12.3. The Morgan fingerprint density at radius 3 is 1.35 bits per heavy atom. The zero-order valence-electron chi connectivity index (χ0n) is 17.9. The van der Waals surface area contributed by atoms with E-state index in [2.05, 4.69) is 48.5 Å². The highest BCUT2D eigenvalue weighted by atomic mass is 16.4. The van der Waals surface area contributed by atoms with E-state index in [1.54, 1.807) is 0 Å². The maximum atomic E-state index is 6.13. The van der Waals surface area contributed by atoms with Gasteiger partial charge in [-0.05, 0) is 68.7 Å². The molecule has 0 amide bonds. The van der Waals surface area contributed by atoms with E-state index in [9.17, 15) is 0 Å². The van der Waals surface area contributed by atoms with Gasteiger partial charge in [-0.3, -0.25) is 0 Å². The normalized spacial score (nSPS) is 12.1. The first-order valence-electron chi connectivity index (χ1n) is 11.3. The van der Waals surface area contributed by atoms with Gasteiger partial charge >= 0.3 is 0 Å². The second-order valence-electron chi connectivity index (χ2n) is 8.62. The fraction of sp³-hybridized carbons (Fsp3) is 0. The van der Waals surface area contributed by atoms with Crippen molar-refractivity contribution < 1.29 is 8.83 Å². The van der Waals surface area contributed by atoms with Crippen LogP contribution in [0.15, 0.2) is 106 Å². The van der Waals surface area contributed by atoms with Crippen molar-refractivity contribution in [2.45, 2.75) is 0 Å².